The van der Waals surface area contributed by atoms with Gasteiger partial charge in [0.1, 0.15) is 5.82 Å². The van der Waals surface area contributed by atoms with Crippen molar-refractivity contribution in [2.75, 3.05) is 0 Å². The molecule has 0 saturated heterocycles. The van der Waals surface area contributed by atoms with Crippen LogP contribution in [0.3, 0.4) is 0 Å². The van der Waals surface area contributed by atoms with Gasteiger partial charge in [-0.2, -0.15) is 0 Å². The molecule has 0 unspecified atom stereocenters. The van der Waals surface area contributed by atoms with E-state index in [4.69, 9.17) is 0 Å². The van der Waals surface area contributed by atoms with Crippen LogP contribution in [0.1, 0.15) is 18.6 Å². The number of hydrogen-bond acceptors (Lipinski definition) is 5. The molecule has 0 aliphatic heterocycles. The normalized spacial score (nSPS) is 12.7. The van der Waals surface area contributed by atoms with Crippen LogP contribution in [0.25, 0.3) is 0 Å². The summed E-state index contributed by atoms with van der Waals surface area (Å²) in [5, 5.41) is 20.7. The molecule has 2 rings (SSSR count). The van der Waals surface area contributed by atoms with Gasteiger partial charge in [0.25, 0.3) is 0 Å². The van der Waals surface area contributed by atoms with Gasteiger partial charge in [-0.15, -0.1) is 5.10 Å². The van der Waals surface area contributed by atoms with Crippen molar-refractivity contribution in [2.45, 2.75) is 23.1 Å². The topological polar surface area (TPSA) is 63.8 Å². The van der Waals surface area contributed by atoms with Gasteiger partial charge < -0.3 is 5.11 Å². The third-order valence-corrected chi connectivity index (χ3v) is 3.30. The molecule has 0 amide bonds. The zero-order valence-corrected chi connectivity index (χ0v) is 10.1. The Bertz CT molecular complexity index is 529. The fourth-order valence-electron chi connectivity index (χ4n) is 1.27. The minimum absolute atomic E-state index is 0.392. The molecule has 7 heteroatoms. The second-order valence-corrected chi connectivity index (χ2v) is 4.56. The predicted molar refractivity (Wildman–Crippen MR) is 60.0 cm³/mol. The Labute approximate surface area is 102 Å². The summed E-state index contributed by atoms with van der Waals surface area (Å²) < 4.78 is 15.2. The minimum atomic E-state index is -0.681. The summed E-state index contributed by atoms with van der Waals surface area (Å²) in [5.41, 5.74) is 0.544. The number of aryl methyl sites for hydroxylation is 1. The number of benzene rings is 1. The standard InChI is InChI=1S/C10H11FN4OS/c1-6(16)7-3-4-9(8(11)5-7)17-10-12-13-14-15(10)2/h3-6,16H,1-2H3/t6-/m1/s1. The first-order valence-corrected chi connectivity index (χ1v) is 5.77. The highest BCUT2D eigenvalue weighted by Crippen LogP contribution is 2.29. The number of hydrogen-bond donors (Lipinski definition) is 1. The molecule has 0 bridgehead atoms. The second-order valence-electron chi connectivity index (χ2n) is 3.55. The van der Waals surface area contributed by atoms with Crippen LogP contribution in [-0.2, 0) is 7.05 Å². The SMILES string of the molecule is C[C@@H](O)c1ccc(Sc2nnnn2C)c(F)c1. The van der Waals surface area contributed by atoms with Crippen molar-refractivity contribution in [1.82, 2.24) is 20.2 Å². The van der Waals surface area contributed by atoms with Crippen LogP contribution in [0.4, 0.5) is 4.39 Å². The van der Waals surface area contributed by atoms with E-state index in [9.17, 15) is 9.50 Å². The van der Waals surface area contributed by atoms with E-state index in [2.05, 4.69) is 15.5 Å². The molecule has 17 heavy (non-hydrogen) atoms. The number of halogens is 1. The van der Waals surface area contributed by atoms with Crippen LogP contribution in [0.5, 0.6) is 0 Å². The van der Waals surface area contributed by atoms with Crippen LogP contribution in [0, 0.1) is 5.82 Å². The molecule has 0 aliphatic carbocycles. The van der Waals surface area contributed by atoms with E-state index in [1.54, 1.807) is 26.1 Å². The first-order valence-electron chi connectivity index (χ1n) is 4.95. The van der Waals surface area contributed by atoms with Crippen molar-refractivity contribution in [3.63, 3.8) is 0 Å². The van der Waals surface area contributed by atoms with E-state index >= 15 is 0 Å². The molecule has 0 spiro atoms. The monoisotopic (exact) mass is 254 g/mol. The van der Waals surface area contributed by atoms with Crippen LogP contribution in [0.2, 0.25) is 0 Å². The van der Waals surface area contributed by atoms with Crippen molar-refractivity contribution < 1.29 is 9.50 Å². The Kier molecular flexibility index (Phi) is 3.39. The maximum atomic E-state index is 13.7. The predicted octanol–water partition coefficient (Wildman–Crippen LogP) is 1.55. The van der Waals surface area contributed by atoms with Crippen molar-refractivity contribution >= 4 is 11.8 Å². The summed E-state index contributed by atoms with van der Waals surface area (Å²) in [7, 11) is 1.68. The first kappa shape index (κ1) is 12.0. The molecule has 1 aromatic carbocycles. The number of aromatic nitrogens is 4. The second kappa shape index (κ2) is 4.80. The summed E-state index contributed by atoms with van der Waals surface area (Å²) >= 11 is 1.14. The molecule has 0 radical (unpaired) electrons. The fourth-order valence-corrected chi connectivity index (χ4v) is 2.00. The summed E-state index contributed by atoms with van der Waals surface area (Å²) in [5.74, 6) is -0.392. The number of nitrogens with zero attached hydrogens (tertiary/aromatic N) is 4. The molecular formula is C10H11FN4OS. The number of aliphatic hydroxyl groups excluding tert-OH is 1. The zero-order chi connectivity index (χ0) is 12.4. The van der Waals surface area contributed by atoms with Crippen molar-refractivity contribution in [3.8, 4) is 0 Å². The Hall–Kier alpha value is -1.47. The Morgan fingerprint density at radius 2 is 2.24 bits per heavy atom. The fraction of sp³-hybridized carbons (Fsp3) is 0.300. The van der Waals surface area contributed by atoms with E-state index in [1.165, 1.54) is 10.7 Å². The molecule has 90 valence electrons. The largest absolute Gasteiger partial charge is 0.389 e. The van der Waals surface area contributed by atoms with E-state index in [-0.39, 0.29) is 0 Å². The highest BCUT2D eigenvalue weighted by Gasteiger charge is 2.11. The van der Waals surface area contributed by atoms with Gasteiger partial charge in [0, 0.05) is 7.05 Å². The summed E-state index contributed by atoms with van der Waals surface area (Å²) in [6.07, 6.45) is -0.681. The summed E-state index contributed by atoms with van der Waals surface area (Å²) in [6, 6.07) is 4.60. The van der Waals surface area contributed by atoms with Gasteiger partial charge in [-0.3, -0.25) is 0 Å². The average Bonchev–Trinajstić information content (AvgIpc) is 2.67. The van der Waals surface area contributed by atoms with Crippen LogP contribution in [-0.4, -0.2) is 25.3 Å². The maximum absolute atomic E-state index is 13.7. The molecule has 1 atom stereocenters. The molecule has 1 N–H and O–H groups in total. The molecule has 1 aromatic heterocycles. The molecular weight excluding hydrogens is 243 g/mol. The van der Waals surface area contributed by atoms with Crippen molar-refractivity contribution in [1.29, 1.82) is 0 Å². The maximum Gasteiger partial charge on any atom is 0.213 e. The lowest BCUT2D eigenvalue weighted by Crippen LogP contribution is -1.95. The third kappa shape index (κ3) is 2.62. The van der Waals surface area contributed by atoms with E-state index in [1.807, 2.05) is 0 Å². The van der Waals surface area contributed by atoms with Crippen molar-refractivity contribution in [2.24, 2.45) is 7.05 Å². The number of aliphatic hydroxyl groups is 1. The van der Waals surface area contributed by atoms with Gasteiger partial charge in [-0.25, -0.2) is 9.07 Å². The van der Waals surface area contributed by atoms with Gasteiger partial charge in [0.15, 0.2) is 0 Å². The molecule has 0 fully saturated rings. The average molecular weight is 254 g/mol. The van der Waals surface area contributed by atoms with Gasteiger partial charge in [0.2, 0.25) is 5.16 Å². The smallest absolute Gasteiger partial charge is 0.213 e. The minimum Gasteiger partial charge on any atom is -0.389 e. The van der Waals surface area contributed by atoms with Gasteiger partial charge in [-0.05, 0) is 46.8 Å². The molecule has 2 aromatic rings. The van der Waals surface area contributed by atoms with Gasteiger partial charge in [0.05, 0.1) is 11.0 Å². The number of rotatable bonds is 3. The summed E-state index contributed by atoms with van der Waals surface area (Å²) in [6.45, 7) is 1.59. The molecule has 5 nitrogen and oxygen atoms in total. The summed E-state index contributed by atoms with van der Waals surface area (Å²) in [4.78, 5) is 0.423. The van der Waals surface area contributed by atoms with Crippen molar-refractivity contribution in [3.05, 3.63) is 29.6 Å². The molecule has 1 heterocycles. The lowest BCUT2D eigenvalue weighted by atomic mass is 10.1. The van der Waals surface area contributed by atoms with Gasteiger partial charge in [-0.1, -0.05) is 6.07 Å². The van der Waals surface area contributed by atoms with E-state index < -0.39 is 11.9 Å². The lowest BCUT2D eigenvalue weighted by molar-refractivity contribution is 0.198. The Balaban J connectivity index is 2.26. The zero-order valence-electron chi connectivity index (χ0n) is 9.33. The van der Waals surface area contributed by atoms with Crippen LogP contribution >= 0.6 is 11.8 Å². The molecule has 0 saturated carbocycles. The Morgan fingerprint density at radius 1 is 1.47 bits per heavy atom. The van der Waals surface area contributed by atoms with E-state index in [0.717, 1.165) is 11.8 Å². The highest BCUT2D eigenvalue weighted by atomic mass is 32.2. The van der Waals surface area contributed by atoms with Gasteiger partial charge >= 0.3 is 0 Å². The van der Waals surface area contributed by atoms with Crippen LogP contribution in [0.15, 0.2) is 28.3 Å². The highest BCUT2D eigenvalue weighted by molar-refractivity contribution is 7.99. The van der Waals surface area contributed by atoms with Crippen LogP contribution < -0.4 is 0 Å². The Morgan fingerprint density at radius 3 is 2.76 bits per heavy atom. The quantitative estimate of drug-likeness (QED) is 0.900. The van der Waals surface area contributed by atoms with E-state index in [0.29, 0.717) is 15.6 Å². The third-order valence-electron chi connectivity index (χ3n) is 2.22. The number of tetrazole rings is 1. The molecule has 0 aliphatic rings. The first-order chi connectivity index (χ1) is 8.08. The lowest BCUT2D eigenvalue weighted by Gasteiger charge is -2.07.